The molecule has 1 unspecified atom stereocenters. The van der Waals surface area contributed by atoms with E-state index >= 15 is 0 Å². The highest BCUT2D eigenvalue weighted by molar-refractivity contribution is 14.1. The molecule has 0 saturated carbocycles. The van der Waals surface area contributed by atoms with Crippen molar-refractivity contribution in [3.63, 3.8) is 0 Å². The average Bonchev–Trinajstić information content (AvgIpc) is 2.40. The van der Waals surface area contributed by atoms with Crippen molar-refractivity contribution in [2.45, 2.75) is 19.5 Å². The second-order valence-electron chi connectivity index (χ2n) is 4.77. The molecule has 0 N–H and O–H groups in total. The van der Waals surface area contributed by atoms with Gasteiger partial charge in [0.05, 0.1) is 0 Å². The second kappa shape index (κ2) is 6.73. The Hall–Kier alpha value is -0.580. The number of hydrogen-bond acceptors (Lipinski definition) is 1. The van der Waals surface area contributed by atoms with Crippen LogP contribution in [0.4, 0.5) is 0 Å². The van der Waals surface area contributed by atoms with Gasteiger partial charge in [-0.1, -0.05) is 35.9 Å². The van der Waals surface area contributed by atoms with Crippen molar-refractivity contribution in [3.8, 4) is 0 Å². The maximum absolute atomic E-state index is 6.05. The van der Waals surface area contributed by atoms with Gasteiger partial charge in [0.2, 0.25) is 0 Å². The average molecular weight is 386 g/mol. The first-order chi connectivity index (χ1) is 9.06. The number of hydrogen-bond donors (Lipinski definition) is 0. The van der Waals surface area contributed by atoms with E-state index in [4.69, 9.17) is 11.6 Å². The van der Waals surface area contributed by atoms with Crippen LogP contribution in [0.3, 0.4) is 0 Å². The van der Waals surface area contributed by atoms with E-state index in [1.54, 1.807) is 0 Å². The number of rotatable bonds is 4. The maximum atomic E-state index is 6.05. The molecule has 0 aliphatic rings. The molecule has 2 aromatic carbocycles. The fourth-order valence-corrected chi connectivity index (χ4v) is 2.59. The van der Waals surface area contributed by atoms with E-state index in [-0.39, 0.29) is 0 Å². The van der Waals surface area contributed by atoms with Crippen molar-refractivity contribution in [2.24, 2.45) is 0 Å². The van der Waals surface area contributed by atoms with Crippen molar-refractivity contribution >= 4 is 34.2 Å². The van der Waals surface area contributed by atoms with Crippen LogP contribution in [0, 0.1) is 3.57 Å². The predicted molar refractivity (Wildman–Crippen MR) is 90.5 cm³/mol. The fourth-order valence-electron chi connectivity index (χ4n) is 2.04. The Morgan fingerprint density at radius 1 is 1.16 bits per heavy atom. The van der Waals surface area contributed by atoms with Gasteiger partial charge in [-0.15, -0.1) is 0 Å². The fraction of sp³-hybridized carbons (Fsp3) is 0.250. The minimum absolute atomic E-state index is 0.345. The summed E-state index contributed by atoms with van der Waals surface area (Å²) in [5.74, 6) is 0. The summed E-state index contributed by atoms with van der Waals surface area (Å²) >= 11 is 8.38. The summed E-state index contributed by atoms with van der Waals surface area (Å²) in [5, 5.41) is 0.798. The van der Waals surface area contributed by atoms with Gasteiger partial charge < -0.3 is 0 Å². The zero-order chi connectivity index (χ0) is 13.8. The first-order valence-electron chi connectivity index (χ1n) is 6.26. The number of halogens is 2. The van der Waals surface area contributed by atoms with Crippen LogP contribution in [-0.2, 0) is 6.54 Å². The lowest BCUT2D eigenvalue weighted by atomic mass is 10.1. The zero-order valence-electron chi connectivity index (χ0n) is 11.1. The molecule has 0 spiro atoms. The molecule has 100 valence electrons. The molecule has 0 aromatic heterocycles. The molecule has 2 aromatic rings. The van der Waals surface area contributed by atoms with Gasteiger partial charge in [0.25, 0.3) is 0 Å². The van der Waals surface area contributed by atoms with Gasteiger partial charge in [0.15, 0.2) is 0 Å². The van der Waals surface area contributed by atoms with E-state index in [9.17, 15) is 0 Å². The van der Waals surface area contributed by atoms with Gasteiger partial charge >= 0.3 is 0 Å². The van der Waals surface area contributed by atoms with E-state index in [1.807, 2.05) is 18.2 Å². The standard InChI is InChI=1S/C16H17ClIN/c1-12(14-4-3-5-15(17)10-14)19(2)11-13-6-8-16(18)9-7-13/h3-10,12H,11H2,1-2H3. The van der Waals surface area contributed by atoms with Crippen LogP contribution >= 0.6 is 34.2 Å². The number of nitrogens with zero attached hydrogens (tertiary/aromatic N) is 1. The second-order valence-corrected chi connectivity index (χ2v) is 6.45. The van der Waals surface area contributed by atoms with Gasteiger partial charge in [-0.2, -0.15) is 0 Å². The summed E-state index contributed by atoms with van der Waals surface area (Å²) in [4.78, 5) is 2.33. The molecule has 0 bridgehead atoms. The maximum Gasteiger partial charge on any atom is 0.0409 e. The molecule has 19 heavy (non-hydrogen) atoms. The highest BCUT2D eigenvalue weighted by Crippen LogP contribution is 2.23. The van der Waals surface area contributed by atoms with Gasteiger partial charge in [-0.05, 0) is 72.0 Å². The Morgan fingerprint density at radius 2 is 1.84 bits per heavy atom. The van der Waals surface area contributed by atoms with Crippen LogP contribution in [-0.4, -0.2) is 11.9 Å². The Balaban J connectivity index is 2.07. The summed E-state index contributed by atoms with van der Waals surface area (Å²) in [5.41, 5.74) is 2.58. The van der Waals surface area contributed by atoms with Gasteiger partial charge in [-0.25, -0.2) is 0 Å². The largest absolute Gasteiger partial charge is 0.295 e. The van der Waals surface area contributed by atoms with E-state index in [1.165, 1.54) is 14.7 Å². The molecular weight excluding hydrogens is 369 g/mol. The van der Waals surface area contributed by atoms with Crippen molar-refractivity contribution in [1.29, 1.82) is 0 Å². The molecule has 0 saturated heterocycles. The van der Waals surface area contributed by atoms with E-state index < -0.39 is 0 Å². The van der Waals surface area contributed by atoms with Crippen LogP contribution in [0.1, 0.15) is 24.1 Å². The monoisotopic (exact) mass is 385 g/mol. The Morgan fingerprint density at radius 3 is 2.47 bits per heavy atom. The smallest absolute Gasteiger partial charge is 0.0409 e. The summed E-state index contributed by atoms with van der Waals surface area (Å²) in [6.07, 6.45) is 0. The molecule has 0 radical (unpaired) electrons. The molecule has 0 fully saturated rings. The molecule has 0 aliphatic heterocycles. The van der Waals surface area contributed by atoms with E-state index in [0.717, 1.165) is 11.6 Å². The Labute approximate surface area is 133 Å². The lowest BCUT2D eigenvalue weighted by Crippen LogP contribution is -2.21. The first kappa shape index (κ1) is 14.8. The topological polar surface area (TPSA) is 3.24 Å². The third-order valence-corrected chi connectivity index (χ3v) is 4.29. The third-order valence-electron chi connectivity index (χ3n) is 3.34. The molecule has 0 aliphatic carbocycles. The zero-order valence-corrected chi connectivity index (χ0v) is 14.0. The highest BCUT2D eigenvalue weighted by atomic mass is 127. The Kier molecular flexibility index (Phi) is 5.25. The Bertz CT molecular complexity index is 539. The quantitative estimate of drug-likeness (QED) is 0.659. The molecule has 0 amide bonds. The summed E-state index contributed by atoms with van der Waals surface area (Å²) in [7, 11) is 2.14. The molecular formula is C16H17ClIN. The predicted octanol–water partition coefficient (Wildman–Crippen LogP) is 5.14. The van der Waals surface area contributed by atoms with Gasteiger partial charge in [-0.3, -0.25) is 4.90 Å². The minimum atomic E-state index is 0.345. The van der Waals surface area contributed by atoms with Crippen LogP contribution < -0.4 is 0 Å². The summed E-state index contributed by atoms with van der Waals surface area (Å²) < 4.78 is 1.27. The lowest BCUT2D eigenvalue weighted by Gasteiger charge is -2.25. The van der Waals surface area contributed by atoms with Crippen LogP contribution in [0.2, 0.25) is 5.02 Å². The van der Waals surface area contributed by atoms with Crippen molar-refractivity contribution in [3.05, 3.63) is 68.3 Å². The minimum Gasteiger partial charge on any atom is -0.295 e. The van der Waals surface area contributed by atoms with Crippen LogP contribution in [0.15, 0.2) is 48.5 Å². The molecule has 2 rings (SSSR count). The SMILES string of the molecule is CC(c1cccc(Cl)c1)N(C)Cc1ccc(I)cc1. The highest BCUT2D eigenvalue weighted by Gasteiger charge is 2.12. The third kappa shape index (κ3) is 4.20. The van der Waals surface area contributed by atoms with Crippen LogP contribution in [0.5, 0.6) is 0 Å². The number of benzene rings is 2. The van der Waals surface area contributed by atoms with Gasteiger partial charge in [0.1, 0.15) is 0 Å². The molecule has 3 heteroatoms. The first-order valence-corrected chi connectivity index (χ1v) is 7.72. The molecule has 1 atom stereocenters. The van der Waals surface area contributed by atoms with E-state index in [0.29, 0.717) is 6.04 Å². The summed E-state index contributed by atoms with van der Waals surface area (Å²) in [6, 6.07) is 17.1. The van der Waals surface area contributed by atoms with Crippen molar-refractivity contribution in [1.82, 2.24) is 4.90 Å². The van der Waals surface area contributed by atoms with Crippen LogP contribution in [0.25, 0.3) is 0 Å². The molecule has 1 nitrogen and oxygen atoms in total. The van der Waals surface area contributed by atoms with Crippen molar-refractivity contribution < 1.29 is 0 Å². The lowest BCUT2D eigenvalue weighted by molar-refractivity contribution is 0.253. The van der Waals surface area contributed by atoms with E-state index in [2.05, 4.69) is 71.8 Å². The van der Waals surface area contributed by atoms with Gasteiger partial charge in [0, 0.05) is 21.2 Å². The normalized spacial score (nSPS) is 12.7. The summed E-state index contributed by atoms with van der Waals surface area (Å²) in [6.45, 7) is 3.14. The molecule has 0 heterocycles. The van der Waals surface area contributed by atoms with Crippen molar-refractivity contribution in [2.75, 3.05) is 7.05 Å².